The molecule has 5 rings (SSSR count). The summed E-state index contributed by atoms with van der Waals surface area (Å²) in [6, 6.07) is 15.3. The summed E-state index contributed by atoms with van der Waals surface area (Å²) < 4.78 is 0. The van der Waals surface area contributed by atoms with Crippen molar-refractivity contribution >= 4 is 23.5 Å². The highest BCUT2D eigenvalue weighted by Gasteiger charge is 2.42. The molecule has 2 atom stereocenters. The fraction of sp³-hybridized carbons (Fsp3) is 0.292. The zero-order chi connectivity index (χ0) is 21.5. The number of nitrogens with one attached hydrogen (secondary N) is 1. The van der Waals surface area contributed by atoms with Crippen LogP contribution in [0, 0.1) is 0 Å². The second-order valence-corrected chi connectivity index (χ2v) is 8.65. The minimum atomic E-state index is -0.997. The Morgan fingerprint density at radius 1 is 1.03 bits per heavy atom. The highest BCUT2D eigenvalue weighted by atomic mass is 35.5. The summed E-state index contributed by atoms with van der Waals surface area (Å²) in [7, 11) is 0. The zero-order valence-electron chi connectivity index (χ0n) is 16.8. The quantitative estimate of drug-likeness (QED) is 0.588. The van der Waals surface area contributed by atoms with Crippen LogP contribution < -0.4 is 0 Å². The summed E-state index contributed by atoms with van der Waals surface area (Å²) in [4.78, 5) is 26.7. The molecule has 2 unspecified atom stereocenters. The normalized spacial score (nSPS) is 20.7. The Kier molecular flexibility index (Phi) is 5.02. The molecule has 1 saturated carbocycles. The molecule has 1 saturated heterocycles. The number of aromatic amines is 1. The van der Waals surface area contributed by atoms with Gasteiger partial charge in [0.05, 0.1) is 11.7 Å². The second-order valence-electron chi connectivity index (χ2n) is 8.24. The summed E-state index contributed by atoms with van der Waals surface area (Å²) in [5.74, 6) is -0.710. The van der Waals surface area contributed by atoms with Gasteiger partial charge >= 0.3 is 5.97 Å². The molecule has 7 heteroatoms. The number of H-pyrrole nitrogens is 1. The molecule has 1 aromatic heterocycles. The molecule has 0 spiro atoms. The van der Waals surface area contributed by atoms with Gasteiger partial charge in [-0.15, -0.1) is 0 Å². The number of nitrogens with zero attached hydrogens (tertiary/aromatic N) is 2. The van der Waals surface area contributed by atoms with E-state index in [4.69, 9.17) is 11.6 Å². The number of amides is 1. The van der Waals surface area contributed by atoms with Crippen LogP contribution in [0.5, 0.6) is 0 Å². The second kappa shape index (κ2) is 7.85. The van der Waals surface area contributed by atoms with E-state index in [2.05, 4.69) is 16.3 Å². The number of benzene rings is 2. The Labute approximate surface area is 184 Å². The molecule has 1 amide bonds. The van der Waals surface area contributed by atoms with E-state index in [1.165, 1.54) is 17.7 Å². The van der Waals surface area contributed by atoms with Crippen LogP contribution in [-0.2, 0) is 4.79 Å². The van der Waals surface area contributed by atoms with Crippen LogP contribution in [0.3, 0.4) is 0 Å². The van der Waals surface area contributed by atoms with Crippen molar-refractivity contribution in [1.82, 2.24) is 15.1 Å². The van der Waals surface area contributed by atoms with Gasteiger partial charge in [-0.3, -0.25) is 9.89 Å². The number of rotatable bonds is 5. The fourth-order valence-electron chi connectivity index (χ4n) is 4.41. The summed E-state index contributed by atoms with van der Waals surface area (Å²) in [5, 5.41) is 17.7. The Morgan fingerprint density at radius 2 is 1.77 bits per heavy atom. The molecule has 3 aromatic rings. The lowest BCUT2D eigenvalue weighted by molar-refractivity contribution is -0.141. The lowest BCUT2D eigenvalue weighted by atomic mass is 10.0. The molecule has 1 aliphatic heterocycles. The lowest BCUT2D eigenvalue weighted by Gasteiger charge is -2.29. The van der Waals surface area contributed by atoms with Crippen LogP contribution in [0.4, 0.5) is 0 Å². The molecule has 2 aromatic carbocycles. The van der Waals surface area contributed by atoms with E-state index < -0.39 is 12.0 Å². The van der Waals surface area contributed by atoms with Crippen LogP contribution in [0.2, 0.25) is 5.02 Å². The molecule has 6 nitrogen and oxygen atoms in total. The number of halogens is 1. The van der Waals surface area contributed by atoms with Crippen molar-refractivity contribution in [2.75, 3.05) is 0 Å². The SMILES string of the molecule is O=C(O)C1CCC(c2ccccc2Cl)N1C(=O)c1ccc(-c2cc(C3CC3)[nH]n2)cc1. The number of aliphatic carboxylic acids is 1. The van der Waals surface area contributed by atoms with Crippen molar-refractivity contribution < 1.29 is 14.7 Å². The fourth-order valence-corrected chi connectivity index (χ4v) is 4.67. The number of aromatic nitrogens is 2. The predicted octanol–water partition coefficient (Wildman–Crippen LogP) is 5.04. The van der Waals surface area contributed by atoms with Crippen molar-refractivity contribution in [2.45, 2.75) is 43.7 Å². The van der Waals surface area contributed by atoms with E-state index in [1.807, 2.05) is 30.3 Å². The van der Waals surface area contributed by atoms with Crippen molar-refractivity contribution in [3.05, 3.63) is 76.4 Å². The van der Waals surface area contributed by atoms with E-state index in [0.717, 1.165) is 22.5 Å². The van der Waals surface area contributed by atoms with Crippen molar-refractivity contribution in [2.24, 2.45) is 0 Å². The number of carboxylic acids is 1. The van der Waals surface area contributed by atoms with Crippen LogP contribution in [0.25, 0.3) is 11.3 Å². The number of hydrogen-bond acceptors (Lipinski definition) is 3. The van der Waals surface area contributed by atoms with Crippen molar-refractivity contribution in [1.29, 1.82) is 0 Å². The van der Waals surface area contributed by atoms with Crippen LogP contribution >= 0.6 is 11.6 Å². The molecule has 2 fully saturated rings. The van der Waals surface area contributed by atoms with Crippen LogP contribution in [-0.4, -0.2) is 38.1 Å². The van der Waals surface area contributed by atoms with Gasteiger partial charge in [0.15, 0.2) is 0 Å². The minimum absolute atomic E-state index is 0.304. The van der Waals surface area contributed by atoms with Gasteiger partial charge in [-0.1, -0.05) is 41.9 Å². The van der Waals surface area contributed by atoms with E-state index in [9.17, 15) is 14.7 Å². The average molecular weight is 436 g/mol. The standard InChI is InChI=1S/C24H22ClN3O3/c25-18-4-2-1-3-17(18)21-11-12-22(24(30)31)28(21)23(29)16-9-7-15(8-10-16)20-13-19(26-27-20)14-5-6-14/h1-4,7-10,13-14,21-22H,5-6,11-12H2,(H,26,27)(H,30,31). The Balaban J connectivity index is 1.43. The van der Waals surface area contributed by atoms with Crippen molar-refractivity contribution in [3.63, 3.8) is 0 Å². The number of likely N-dealkylation sites (tertiary alicyclic amines) is 1. The summed E-state index contributed by atoms with van der Waals surface area (Å²) in [5.41, 5.74) is 4.14. The van der Waals surface area contributed by atoms with Gasteiger partial charge in [-0.05, 0) is 55.5 Å². The monoisotopic (exact) mass is 435 g/mol. The molecule has 0 radical (unpaired) electrons. The third-order valence-corrected chi connectivity index (χ3v) is 6.56. The van der Waals surface area contributed by atoms with E-state index in [0.29, 0.717) is 29.3 Å². The average Bonchev–Trinajstić information content (AvgIpc) is 3.34. The largest absolute Gasteiger partial charge is 0.480 e. The molecular weight excluding hydrogens is 414 g/mol. The van der Waals surface area contributed by atoms with Gasteiger partial charge in [0.25, 0.3) is 5.91 Å². The highest BCUT2D eigenvalue weighted by molar-refractivity contribution is 6.31. The van der Waals surface area contributed by atoms with E-state index in [1.54, 1.807) is 18.2 Å². The first-order valence-corrected chi connectivity index (χ1v) is 10.9. The summed E-state index contributed by atoms with van der Waals surface area (Å²) in [6.45, 7) is 0. The minimum Gasteiger partial charge on any atom is -0.480 e. The maximum absolute atomic E-state index is 13.4. The lowest BCUT2D eigenvalue weighted by Crippen LogP contribution is -2.41. The van der Waals surface area contributed by atoms with Gasteiger partial charge in [-0.25, -0.2) is 4.79 Å². The van der Waals surface area contributed by atoms with E-state index in [-0.39, 0.29) is 11.9 Å². The smallest absolute Gasteiger partial charge is 0.326 e. The molecule has 0 bridgehead atoms. The number of carbonyl (C=O) groups excluding carboxylic acids is 1. The van der Waals surface area contributed by atoms with Crippen molar-refractivity contribution in [3.8, 4) is 11.3 Å². The Morgan fingerprint density at radius 3 is 2.45 bits per heavy atom. The predicted molar refractivity (Wildman–Crippen MR) is 117 cm³/mol. The Hall–Kier alpha value is -3.12. The van der Waals surface area contributed by atoms with Gasteiger partial charge in [0.2, 0.25) is 0 Å². The van der Waals surface area contributed by atoms with Gasteiger partial charge in [-0.2, -0.15) is 5.10 Å². The van der Waals surface area contributed by atoms with Gasteiger partial charge < -0.3 is 10.0 Å². The number of carboxylic acid groups (broad SMARTS) is 1. The number of hydrogen-bond donors (Lipinski definition) is 2. The Bertz CT molecular complexity index is 1140. The topological polar surface area (TPSA) is 86.3 Å². The molecule has 2 heterocycles. The molecular formula is C24H22ClN3O3. The van der Waals surface area contributed by atoms with Crippen LogP contribution in [0.1, 0.15) is 59.3 Å². The molecule has 158 valence electrons. The first-order chi connectivity index (χ1) is 15.0. The highest BCUT2D eigenvalue weighted by Crippen LogP contribution is 2.41. The molecule has 2 aliphatic rings. The van der Waals surface area contributed by atoms with Gasteiger partial charge in [0.1, 0.15) is 6.04 Å². The van der Waals surface area contributed by atoms with Gasteiger partial charge in [0, 0.05) is 27.8 Å². The summed E-state index contributed by atoms with van der Waals surface area (Å²) in [6.07, 6.45) is 3.35. The molecule has 31 heavy (non-hydrogen) atoms. The third kappa shape index (κ3) is 3.72. The molecule has 2 N–H and O–H groups in total. The number of carbonyl (C=O) groups is 2. The first kappa shape index (κ1) is 19.8. The maximum Gasteiger partial charge on any atom is 0.326 e. The zero-order valence-corrected chi connectivity index (χ0v) is 17.5. The summed E-state index contributed by atoms with van der Waals surface area (Å²) >= 11 is 6.37. The van der Waals surface area contributed by atoms with E-state index >= 15 is 0 Å². The first-order valence-electron chi connectivity index (χ1n) is 10.5. The maximum atomic E-state index is 13.4. The van der Waals surface area contributed by atoms with Crippen LogP contribution in [0.15, 0.2) is 54.6 Å². The molecule has 1 aliphatic carbocycles. The third-order valence-electron chi connectivity index (χ3n) is 6.21.